The Hall–Kier alpha value is -2.60. The van der Waals surface area contributed by atoms with Gasteiger partial charge in [-0.05, 0) is 30.2 Å². The van der Waals surface area contributed by atoms with E-state index in [1.807, 2.05) is 37.3 Å². The number of amides is 1. The molecular weight excluding hydrogens is 248 g/mol. The van der Waals surface area contributed by atoms with Crippen LogP contribution >= 0.6 is 0 Å². The third kappa shape index (κ3) is 3.24. The third-order valence-electron chi connectivity index (χ3n) is 3.19. The summed E-state index contributed by atoms with van der Waals surface area (Å²) in [6, 6.07) is 18.7. The first-order chi connectivity index (χ1) is 9.74. The smallest absolute Gasteiger partial charge is 0.231 e. The number of nitriles is 1. The maximum atomic E-state index is 12.3. The molecule has 0 aromatic heterocycles. The number of benzene rings is 2. The van der Waals surface area contributed by atoms with Crippen molar-refractivity contribution in [2.24, 2.45) is 0 Å². The van der Waals surface area contributed by atoms with Crippen LogP contribution in [0.25, 0.3) is 0 Å². The molecule has 0 saturated carbocycles. The van der Waals surface area contributed by atoms with Crippen molar-refractivity contribution in [2.75, 3.05) is 5.32 Å². The molecule has 1 atom stereocenters. The Bertz CT molecular complexity index is 629. The quantitative estimate of drug-likeness (QED) is 0.915. The molecule has 3 heteroatoms. The van der Waals surface area contributed by atoms with Gasteiger partial charge in [-0.1, -0.05) is 43.3 Å². The lowest BCUT2D eigenvalue weighted by Gasteiger charge is -2.15. The molecule has 2 rings (SSSR count). The molecule has 1 amide bonds. The molecule has 0 aliphatic heterocycles. The van der Waals surface area contributed by atoms with Crippen molar-refractivity contribution in [3.63, 3.8) is 0 Å². The number of nitrogens with one attached hydrogen (secondary N) is 1. The molecule has 0 spiro atoms. The van der Waals surface area contributed by atoms with Crippen LogP contribution in [0.5, 0.6) is 0 Å². The van der Waals surface area contributed by atoms with Crippen LogP contribution in [0, 0.1) is 11.3 Å². The average molecular weight is 264 g/mol. The molecular formula is C17H16N2O. The lowest BCUT2D eigenvalue weighted by molar-refractivity contribution is -0.117. The summed E-state index contributed by atoms with van der Waals surface area (Å²) >= 11 is 0. The van der Waals surface area contributed by atoms with Crippen molar-refractivity contribution in [3.8, 4) is 6.07 Å². The highest BCUT2D eigenvalue weighted by Crippen LogP contribution is 2.21. The molecule has 0 aliphatic rings. The first kappa shape index (κ1) is 13.8. The normalized spacial score (nSPS) is 11.4. The summed E-state index contributed by atoms with van der Waals surface area (Å²) in [6.07, 6.45) is 0.730. The second-order valence-corrected chi connectivity index (χ2v) is 4.55. The Balaban J connectivity index is 2.16. The summed E-state index contributed by atoms with van der Waals surface area (Å²) in [5.74, 6) is -0.226. The summed E-state index contributed by atoms with van der Waals surface area (Å²) in [5, 5.41) is 11.7. The van der Waals surface area contributed by atoms with E-state index >= 15 is 0 Å². The Morgan fingerprint density at radius 2 is 1.95 bits per heavy atom. The molecule has 0 unspecified atom stereocenters. The van der Waals surface area contributed by atoms with Gasteiger partial charge in [0, 0.05) is 5.69 Å². The number of rotatable bonds is 4. The van der Waals surface area contributed by atoms with Crippen molar-refractivity contribution < 1.29 is 4.79 Å². The van der Waals surface area contributed by atoms with Crippen LogP contribution in [0.3, 0.4) is 0 Å². The zero-order chi connectivity index (χ0) is 14.4. The van der Waals surface area contributed by atoms with Gasteiger partial charge in [-0.2, -0.15) is 5.26 Å². The van der Waals surface area contributed by atoms with E-state index in [0.29, 0.717) is 11.3 Å². The standard InChI is InChI=1S/C17H16N2O/c1-2-16(14-8-4-3-5-9-14)17(20)19-15-10-6-7-13(11-15)12-18/h3-11,16H,2H2,1H3,(H,19,20)/t16-/m1/s1. The van der Waals surface area contributed by atoms with Gasteiger partial charge in [-0.25, -0.2) is 0 Å². The van der Waals surface area contributed by atoms with Gasteiger partial charge in [-0.15, -0.1) is 0 Å². The van der Waals surface area contributed by atoms with E-state index in [2.05, 4.69) is 11.4 Å². The molecule has 3 nitrogen and oxygen atoms in total. The van der Waals surface area contributed by atoms with Gasteiger partial charge in [0.2, 0.25) is 5.91 Å². The average Bonchev–Trinajstić information content (AvgIpc) is 2.49. The topological polar surface area (TPSA) is 52.9 Å². The molecule has 2 aromatic carbocycles. The summed E-state index contributed by atoms with van der Waals surface area (Å²) in [6.45, 7) is 1.99. The first-order valence-corrected chi connectivity index (χ1v) is 6.60. The van der Waals surface area contributed by atoms with E-state index in [-0.39, 0.29) is 11.8 Å². The highest BCUT2D eigenvalue weighted by Gasteiger charge is 2.18. The van der Waals surface area contributed by atoms with Crippen LogP contribution in [-0.4, -0.2) is 5.91 Å². The maximum Gasteiger partial charge on any atom is 0.231 e. The molecule has 0 saturated heterocycles. The number of hydrogen-bond acceptors (Lipinski definition) is 2. The fraction of sp³-hybridized carbons (Fsp3) is 0.176. The van der Waals surface area contributed by atoms with Crippen LogP contribution in [0.4, 0.5) is 5.69 Å². The van der Waals surface area contributed by atoms with E-state index in [1.165, 1.54) is 0 Å². The molecule has 100 valence electrons. The Labute approximate surface area is 118 Å². The number of carbonyl (C=O) groups is 1. The molecule has 2 aromatic rings. The van der Waals surface area contributed by atoms with Crippen molar-refractivity contribution in [1.82, 2.24) is 0 Å². The lowest BCUT2D eigenvalue weighted by Crippen LogP contribution is -2.20. The fourth-order valence-electron chi connectivity index (χ4n) is 2.15. The van der Waals surface area contributed by atoms with Crippen LogP contribution in [0.2, 0.25) is 0 Å². The maximum absolute atomic E-state index is 12.3. The van der Waals surface area contributed by atoms with E-state index in [1.54, 1.807) is 24.3 Å². The number of anilines is 1. The summed E-state index contributed by atoms with van der Waals surface area (Å²) < 4.78 is 0. The van der Waals surface area contributed by atoms with E-state index < -0.39 is 0 Å². The molecule has 1 N–H and O–H groups in total. The summed E-state index contributed by atoms with van der Waals surface area (Å²) in [4.78, 5) is 12.3. The zero-order valence-electron chi connectivity index (χ0n) is 11.3. The van der Waals surface area contributed by atoms with Crippen molar-refractivity contribution >= 4 is 11.6 Å². The van der Waals surface area contributed by atoms with Crippen LogP contribution in [0.1, 0.15) is 30.4 Å². The van der Waals surface area contributed by atoms with Crippen molar-refractivity contribution in [2.45, 2.75) is 19.3 Å². The van der Waals surface area contributed by atoms with Gasteiger partial charge >= 0.3 is 0 Å². The van der Waals surface area contributed by atoms with Gasteiger partial charge in [0.25, 0.3) is 0 Å². The third-order valence-corrected chi connectivity index (χ3v) is 3.19. The van der Waals surface area contributed by atoms with Gasteiger partial charge in [-0.3, -0.25) is 4.79 Å². The van der Waals surface area contributed by atoms with E-state index in [0.717, 1.165) is 12.0 Å². The Kier molecular flexibility index (Phi) is 4.52. The Morgan fingerprint density at radius 3 is 2.60 bits per heavy atom. The highest BCUT2D eigenvalue weighted by atomic mass is 16.1. The van der Waals surface area contributed by atoms with Crippen molar-refractivity contribution in [3.05, 3.63) is 65.7 Å². The summed E-state index contributed by atoms with van der Waals surface area (Å²) in [7, 11) is 0. The predicted octanol–water partition coefficient (Wildman–Crippen LogP) is 3.69. The van der Waals surface area contributed by atoms with Gasteiger partial charge < -0.3 is 5.32 Å². The second kappa shape index (κ2) is 6.53. The van der Waals surface area contributed by atoms with Crippen LogP contribution < -0.4 is 5.32 Å². The fourth-order valence-corrected chi connectivity index (χ4v) is 2.15. The van der Waals surface area contributed by atoms with E-state index in [4.69, 9.17) is 5.26 Å². The van der Waals surface area contributed by atoms with E-state index in [9.17, 15) is 4.79 Å². The van der Waals surface area contributed by atoms with Crippen molar-refractivity contribution in [1.29, 1.82) is 5.26 Å². The monoisotopic (exact) mass is 264 g/mol. The Morgan fingerprint density at radius 1 is 1.20 bits per heavy atom. The largest absolute Gasteiger partial charge is 0.326 e. The zero-order valence-corrected chi connectivity index (χ0v) is 11.3. The molecule has 20 heavy (non-hydrogen) atoms. The molecule has 0 fully saturated rings. The number of hydrogen-bond donors (Lipinski definition) is 1. The SMILES string of the molecule is CC[C@@H](C(=O)Nc1cccc(C#N)c1)c1ccccc1. The minimum Gasteiger partial charge on any atom is -0.326 e. The second-order valence-electron chi connectivity index (χ2n) is 4.55. The van der Waals surface area contributed by atoms with Gasteiger partial charge in [0.1, 0.15) is 0 Å². The number of nitrogens with zero attached hydrogens (tertiary/aromatic N) is 1. The van der Waals surface area contributed by atoms with Gasteiger partial charge in [0.05, 0.1) is 17.6 Å². The summed E-state index contributed by atoms with van der Waals surface area (Å²) in [5.41, 5.74) is 2.20. The minimum absolute atomic E-state index is 0.0474. The molecule has 0 bridgehead atoms. The number of carbonyl (C=O) groups excluding carboxylic acids is 1. The van der Waals surface area contributed by atoms with Gasteiger partial charge in [0.15, 0.2) is 0 Å². The predicted molar refractivity (Wildman–Crippen MR) is 79.3 cm³/mol. The molecule has 0 aliphatic carbocycles. The molecule has 0 radical (unpaired) electrons. The minimum atomic E-state index is -0.179. The lowest BCUT2D eigenvalue weighted by atomic mass is 9.95. The van der Waals surface area contributed by atoms with Crippen LogP contribution in [0.15, 0.2) is 54.6 Å². The first-order valence-electron chi connectivity index (χ1n) is 6.60. The highest BCUT2D eigenvalue weighted by molar-refractivity contribution is 5.95. The molecule has 0 heterocycles. The van der Waals surface area contributed by atoms with Crippen LogP contribution in [-0.2, 0) is 4.79 Å².